The SMILES string of the molecule is C=CCN1CCOc2ccc(CC3CCCCN3)cc21. The molecule has 0 aromatic heterocycles. The van der Waals surface area contributed by atoms with Gasteiger partial charge in [-0.05, 0) is 43.5 Å². The maximum absolute atomic E-state index is 5.75. The summed E-state index contributed by atoms with van der Waals surface area (Å²) in [7, 11) is 0. The lowest BCUT2D eigenvalue weighted by Gasteiger charge is -2.31. The summed E-state index contributed by atoms with van der Waals surface area (Å²) in [6, 6.07) is 7.28. The van der Waals surface area contributed by atoms with Crippen molar-refractivity contribution in [2.45, 2.75) is 31.7 Å². The minimum absolute atomic E-state index is 0.638. The minimum atomic E-state index is 0.638. The summed E-state index contributed by atoms with van der Waals surface area (Å²) in [6.07, 6.45) is 7.06. The van der Waals surface area contributed by atoms with Crippen LogP contribution >= 0.6 is 0 Å². The maximum Gasteiger partial charge on any atom is 0.142 e. The van der Waals surface area contributed by atoms with E-state index in [1.807, 2.05) is 6.08 Å². The fourth-order valence-corrected chi connectivity index (χ4v) is 3.17. The van der Waals surface area contributed by atoms with Crippen LogP contribution in [0.3, 0.4) is 0 Å². The number of piperidine rings is 1. The van der Waals surface area contributed by atoms with Gasteiger partial charge in [-0.15, -0.1) is 6.58 Å². The van der Waals surface area contributed by atoms with E-state index in [0.717, 1.165) is 31.9 Å². The molecule has 1 atom stereocenters. The van der Waals surface area contributed by atoms with Gasteiger partial charge in [0.05, 0.1) is 12.2 Å². The Labute approximate surface area is 121 Å². The van der Waals surface area contributed by atoms with Crippen LogP contribution in [0.1, 0.15) is 24.8 Å². The highest BCUT2D eigenvalue weighted by molar-refractivity contribution is 5.61. The van der Waals surface area contributed by atoms with E-state index in [4.69, 9.17) is 4.74 Å². The normalized spacial score (nSPS) is 22.0. The van der Waals surface area contributed by atoms with E-state index in [1.165, 1.54) is 37.1 Å². The van der Waals surface area contributed by atoms with Gasteiger partial charge in [-0.1, -0.05) is 18.6 Å². The Hall–Kier alpha value is -1.48. The minimum Gasteiger partial charge on any atom is -0.490 e. The van der Waals surface area contributed by atoms with Crippen molar-refractivity contribution in [1.82, 2.24) is 5.32 Å². The molecule has 0 aliphatic carbocycles. The molecule has 2 heterocycles. The lowest BCUT2D eigenvalue weighted by Crippen LogP contribution is -2.36. The van der Waals surface area contributed by atoms with Gasteiger partial charge >= 0.3 is 0 Å². The van der Waals surface area contributed by atoms with Crippen LogP contribution in [0.25, 0.3) is 0 Å². The number of anilines is 1. The Balaban J connectivity index is 1.76. The van der Waals surface area contributed by atoms with Crippen molar-refractivity contribution in [2.24, 2.45) is 0 Å². The molecule has 1 saturated heterocycles. The Bertz CT molecular complexity index is 466. The standard InChI is InChI=1S/C17H24N2O/c1-2-9-19-10-11-20-17-7-6-14(13-16(17)19)12-15-5-3-4-8-18-15/h2,6-7,13,15,18H,1,3-5,8-12H2. The van der Waals surface area contributed by atoms with E-state index in [-0.39, 0.29) is 0 Å². The Kier molecular flexibility index (Phi) is 4.26. The average molecular weight is 272 g/mol. The zero-order valence-corrected chi connectivity index (χ0v) is 12.1. The molecule has 0 amide bonds. The first-order chi connectivity index (χ1) is 9.86. The molecule has 108 valence electrons. The number of hydrogen-bond acceptors (Lipinski definition) is 3. The molecule has 2 aliphatic heterocycles. The van der Waals surface area contributed by atoms with Gasteiger partial charge < -0.3 is 15.0 Å². The largest absolute Gasteiger partial charge is 0.490 e. The first-order valence-corrected chi connectivity index (χ1v) is 7.72. The van der Waals surface area contributed by atoms with Crippen molar-refractivity contribution in [3.63, 3.8) is 0 Å². The second-order valence-corrected chi connectivity index (χ2v) is 5.74. The van der Waals surface area contributed by atoms with E-state index in [0.29, 0.717) is 6.04 Å². The van der Waals surface area contributed by atoms with Crippen molar-refractivity contribution in [1.29, 1.82) is 0 Å². The maximum atomic E-state index is 5.75. The lowest BCUT2D eigenvalue weighted by atomic mass is 9.97. The van der Waals surface area contributed by atoms with E-state index in [2.05, 4.69) is 35.0 Å². The molecule has 1 unspecified atom stereocenters. The van der Waals surface area contributed by atoms with Crippen LogP contribution in [0, 0.1) is 0 Å². The van der Waals surface area contributed by atoms with Crippen molar-refractivity contribution in [3.05, 3.63) is 36.4 Å². The molecule has 3 rings (SSSR count). The van der Waals surface area contributed by atoms with Crippen LogP contribution in [0.5, 0.6) is 5.75 Å². The Morgan fingerprint density at radius 1 is 1.40 bits per heavy atom. The average Bonchev–Trinajstić information content (AvgIpc) is 2.49. The van der Waals surface area contributed by atoms with Crippen LogP contribution in [0.15, 0.2) is 30.9 Å². The van der Waals surface area contributed by atoms with Gasteiger partial charge in [0, 0.05) is 12.6 Å². The monoisotopic (exact) mass is 272 g/mol. The fraction of sp³-hybridized carbons (Fsp3) is 0.529. The van der Waals surface area contributed by atoms with E-state index >= 15 is 0 Å². The molecule has 1 aromatic carbocycles. The lowest BCUT2D eigenvalue weighted by molar-refractivity contribution is 0.309. The van der Waals surface area contributed by atoms with Gasteiger partial charge in [0.15, 0.2) is 0 Å². The van der Waals surface area contributed by atoms with Gasteiger partial charge in [-0.3, -0.25) is 0 Å². The van der Waals surface area contributed by atoms with E-state index in [1.54, 1.807) is 0 Å². The topological polar surface area (TPSA) is 24.5 Å². The number of benzene rings is 1. The highest BCUT2D eigenvalue weighted by atomic mass is 16.5. The second-order valence-electron chi connectivity index (χ2n) is 5.74. The van der Waals surface area contributed by atoms with Crippen LogP contribution in [-0.4, -0.2) is 32.3 Å². The third-order valence-electron chi connectivity index (χ3n) is 4.23. The Morgan fingerprint density at radius 3 is 3.15 bits per heavy atom. The van der Waals surface area contributed by atoms with Gasteiger partial charge in [0.2, 0.25) is 0 Å². The van der Waals surface area contributed by atoms with E-state index < -0.39 is 0 Å². The number of rotatable bonds is 4. The summed E-state index contributed by atoms with van der Waals surface area (Å²) in [5, 5.41) is 3.62. The summed E-state index contributed by atoms with van der Waals surface area (Å²) in [6.45, 7) is 7.63. The summed E-state index contributed by atoms with van der Waals surface area (Å²) < 4.78 is 5.75. The Morgan fingerprint density at radius 2 is 2.35 bits per heavy atom. The quantitative estimate of drug-likeness (QED) is 0.853. The molecule has 3 nitrogen and oxygen atoms in total. The third-order valence-corrected chi connectivity index (χ3v) is 4.23. The molecule has 1 fully saturated rings. The predicted molar refractivity (Wildman–Crippen MR) is 83.7 cm³/mol. The molecule has 0 radical (unpaired) electrons. The molecule has 0 spiro atoms. The van der Waals surface area contributed by atoms with E-state index in [9.17, 15) is 0 Å². The van der Waals surface area contributed by atoms with Crippen LogP contribution in [-0.2, 0) is 6.42 Å². The van der Waals surface area contributed by atoms with Gasteiger partial charge in [0.25, 0.3) is 0 Å². The zero-order valence-electron chi connectivity index (χ0n) is 12.1. The smallest absolute Gasteiger partial charge is 0.142 e. The third kappa shape index (κ3) is 2.98. The zero-order chi connectivity index (χ0) is 13.8. The number of fused-ring (bicyclic) bond motifs is 1. The van der Waals surface area contributed by atoms with Crippen molar-refractivity contribution >= 4 is 5.69 Å². The van der Waals surface area contributed by atoms with Crippen molar-refractivity contribution in [2.75, 3.05) is 31.1 Å². The van der Waals surface area contributed by atoms with Gasteiger partial charge in [0.1, 0.15) is 12.4 Å². The predicted octanol–water partition coefficient (Wildman–Crippen LogP) is 2.76. The second kappa shape index (κ2) is 6.31. The first-order valence-electron chi connectivity index (χ1n) is 7.72. The molecule has 20 heavy (non-hydrogen) atoms. The van der Waals surface area contributed by atoms with Crippen molar-refractivity contribution in [3.8, 4) is 5.75 Å². The van der Waals surface area contributed by atoms with Crippen LogP contribution in [0.2, 0.25) is 0 Å². The highest BCUT2D eigenvalue weighted by Crippen LogP contribution is 2.33. The number of nitrogens with one attached hydrogen (secondary N) is 1. The molecule has 1 N–H and O–H groups in total. The summed E-state index contributed by atoms with van der Waals surface area (Å²) in [4.78, 5) is 2.35. The summed E-state index contributed by atoms with van der Waals surface area (Å²) in [5.41, 5.74) is 2.63. The number of nitrogens with zero attached hydrogens (tertiary/aromatic N) is 1. The molecular formula is C17H24N2O. The molecule has 0 bridgehead atoms. The first kappa shape index (κ1) is 13.5. The van der Waals surface area contributed by atoms with Gasteiger partial charge in [-0.2, -0.15) is 0 Å². The highest BCUT2D eigenvalue weighted by Gasteiger charge is 2.19. The van der Waals surface area contributed by atoms with Crippen molar-refractivity contribution < 1.29 is 4.74 Å². The number of hydrogen-bond donors (Lipinski definition) is 1. The van der Waals surface area contributed by atoms with Gasteiger partial charge in [-0.25, -0.2) is 0 Å². The molecule has 1 aromatic rings. The summed E-state index contributed by atoms with van der Waals surface area (Å²) >= 11 is 0. The molecule has 2 aliphatic rings. The fourth-order valence-electron chi connectivity index (χ4n) is 3.17. The molecule has 0 saturated carbocycles. The molecular weight excluding hydrogens is 248 g/mol. The molecule has 3 heteroatoms. The van der Waals surface area contributed by atoms with Crippen LogP contribution in [0.4, 0.5) is 5.69 Å². The van der Waals surface area contributed by atoms with Crippen LogP contribution < -0.4 is 15.0 Å². The summed E-state index contributed by atoms with van der Waals surface area (Å²) in [5.74, 6) is 1.01. The number of ether oxygens (including phenoxy) is 1.